The number of nitrogens with two attached hydrogens (primary N) is 2. The van der Waals surface area contributed by atoms with Crippen molar-refractivity contribution in [2.75, 3.05) is 18.1 Å². The largest absolute Gasteiger partial charge is 0.494 e. The number of anilines is 2. The molecule has 0 unspecified atom stereocenters. The van der Waals surface area contributed by atoms with Gasteiger partial charge in [0.25, 0.3) is 0 Å². The zero-order valence-corrected chi connectivity index (χ0v) is 9.98. The number of hydrogen-bond acceptors (Lipinski definition) is 4. The quantitative estimate of drug-likeness (QED) is 0.873. The minimum atomic E-state index is -0.391. The number of pyridine rings is 1. The molecule has 1 aromatic heterocycles. The summed E-state index contributed by atoms with van der Waals surface area (Å²) in [5.41, 5.74) is 12.9. The van der Waals surface area contributed by atoms with Crippen LogP contribution in [0.15, 0.2) is 30.6 Å². The van der Waals surface area contributed by atoms with Gasteiger partial charge in [0.05, 0.1) is 24.2 Å². The molecule has 0 radical (unpaired) electrons. The Morgan fingerprint density at radius 1 is 1.22 bits per heavy atom. The minimum Gasteiger partial charge on any atom is -0.494 e. The predicted molar refractivity (Wildman–Crippen MR) is 69.6 cm³/mol. The summed E-state index contributed by atoms with van der Waals surface area (Å²) in [7, 11) is 0. The van der Waals surface area contributed by atoms with Crippen LogP contribution in [0.3, 0.4) is 0 Å². The first-order valence-electron chi connectivity index (χ1n) is 5.55. The van der Waals surface area contributed by atoms with Gasteiger partial charge in [-0.05, 0) is 25.1 Å². The molecule has 5 heteroatoms. The number of nitrogens with zero attached hydrogens (tertiary/aromatic N) is 1. The summed E-state index contributed by atoms with van der Waals surface area (Å²) >= 11 is 0. The van der Waals surface area contributed by atoms with Gasteiger partial charge in [-0.3, -0.25) is 4.98 Å². The highest BCUT2D eigenvalue weighted by Gasteiger charge is 2.12. The van der Waals surface area contributed by atoms with E-state index in [0.29, 0.717) is 34.9 Å². The van der Waals surface area contributed by atoms with Crippen LogP contribution >= 0.6 is 0 Å². The second-order valence-corrected chi connectivity index (χ2v) is 3.76. The molecule has 1 aromatic carbocycles. The van der Waals surface area contributed by atoms with E-state index in [9.17, 15) is 4.39 Å². The normalized spacial score (nSPS) is 10.3. The Labute approximate surface area is 104 Å². The van der Waals surface area contributed by atoms with Gasteiger partial charge in [-0.25, -0.2) is 4.39 Å². The summed E-state index contributed by atoms with van der Waals surface area (Å²) in [6.07, 6.45) is 2.92. The molecule has 0 aliphatic carbocycles. The third-order valence-electron chi connectivity index (χ3n) is 2.56. The number of rotatable bonds is 3. The van der Waals surface area contributed by atoms with Crippen LogP contribution in [0.5, 0.6) is 5.75 Å². The van der Waals surface area contributed by atoms with Crippen LogP contribution in [-0.4, -0.2) is 11.6 Å². The first kappa shape index (κ1) is 12.2. The second kappa shape index (κ2) is 4.91. The highest BCUT2D eigenvalue weighted by molar-refractivity contribution is 5.83. The SMILES string of the molecule is CCOc1ccc(F)c(-c2cncc(N)c2N)c1. The molecule has 94 valence electrons. The molecule has 2 rings (SSSR count). The Morgan fingerprint density at radius 3 is 2.72 bits per heavy atom. The van der Waals surface area contributed by atoms with Gasteiger partial charge in [-0.15, -0.1) is 0 Å². The molecule has 0 fully saturated rings. The topological polar surface area (TPSA) is 74.2 Å². The van der Waals surface area contributed by atoms with Crippen LogP contribution in [-0.2, 0) is 0 Å². The number of hydrogen-bond donors (Lipinski definition) is 2. The van der Waals surface area contributed by atoms with Crippen molar-refractivity contribution < 1.29 is 9.13 Å². The molecule has 4 nitrogen and oxygen atoms in total. The Bertz CT molecular complexity index is 572. The molecule has 4 N–H and O–H groups in total. The van der Waals surface area contributed by atoms with Gasteiger partial charge in [0.1, 0.15) is 11.6 Å². The van der Waals surface area contributed by atoms with Crippen molar-refractivity contribution >= 4 is 11.4 Å². The van der Waals surface area contributed by atoms with Crippen molar-refractivity contribution in [3.8, 4) is 16.9 Å². The summed E-state index contributed by atoms with van der Waals surface area (Å²) in [5.74, 6) is 0.188. The fraction of sp³-hybridized carbons (Fsp3) is 0.154. The minimum absolute atomic E-state index is 0.317. The van der Waals surface area contributed by atoms with Crippen molar-refractivity contribution in [2.45, 2.75) is 6.92 Å². The Morgan fingerprint density at radius 2 is 2.00 bits per heavy atom. The van der Waals surface area contributed by atoms with Gasteiger partial charge >= 0.3 is 0 Å². The first-order valence-corrected chi connectivity index (χ1v) is 5.55. The van der Waals surface area contributed by atoms with E-state index in [0.717, 1.165) is 0 Å². The first-order chi connectivity index (χ1) is 8.63. The monoisotopic (exact) mass is 247 g/mol. The van der Waals surface area contributed by atoms with E-state index >= 15 is 0 Å². The number of nitrogen functional groups attached to an aromatic ring is 2. The molecular weight excluding hydrogens is 233 g/mol. The molecule has 0 saturated carbocycles. The third kappa shape index (κ3) is 2.20. The number of halogens is 1. The van der Waals surface area contributed by atoms with Gasteiger partial charge in [0.2, 0.25) is 0 Å². The van der Waals surface area contributed by atoms with E-state index in [4.69, 9.17) is 16.2 Å². The summed E-state index contributed by atoms with van der Waals surface area (Å²) < 4.78 is 19.2. The van der Waals surface area contributed by atoms with Gasteiger partial charge in [-0.2, -0.15) is 0 Å². The molecule has 0 atom stereocenters. The highest BCUT2D eigenvalue weighted by Crippen LogP contribution is 2.33. The molecule has 1 heterocycles. The summed E-state index contributed by atoms with van der Waals surface area (Å²) in [6, 6.07) is 4.49. The fourth-order valence-corrected chi connectivity index (χ4v) is 1.67. The van der Waals surface area contributed by atoms with Crippen LogP contribution in [0.4, 0.5) is 15.8 Å². The Balaban J connectivity index is 2.55. The fourth-order valence-electron chi connectivity index (χ4n) is 1.67. The summed E-state index contributed by atoms with van der Waals surface area (Å²) in [4.78, 5) is 3.93. The number of ether oxygens (including phenoxy) is 1. The molecule has 0 saturated heterocycles. The zero-order chi connectivity index (χ0) is 13.1. The smallest absolute Gasteiger partial charge is 0.131 e. The van der Waals surface area contributed by atoms with E-state index in [1.165, 1.54) is 18.5 Å². The molecule has 2 aromatic rings. The van der Waals surface area contributed by atoms with Crippen molar-refractivity contribution in [1.82, 2.24) is 4.98 Å². The molecule has 0 amide bonds. The van der Waals surface area contributed by atoms with Crippen molar-refractivity contribution in [3.63, 3.8) is 0 Å². The maximum atomic E-state index is 13.8. The Hall–Kier alpha value is -2.30. The molecule has 18 heavy (non-hydrogen) atoms. The van der Waals surface area contributed by atoms with Crippen molar-refractivity contribution in [3.05, 3.63) is 36.4 Å². The third-order valence-corrected chi connectivity index (χ3v) is 2.56. The lowest BCUT2D eigenvalue weighted by molar-refractivity contribution is 0.340. The van der Waals surface area contributed by atoms with Crippen LogP contribution in [0.2, 0.25) is 0 Å². The van der Waals surface area contributed by atoms with Crippen LogP contribution in [0.1, 0.15) is 6.92 Å². The Kier molecular flexibility index (Phi) is 3.32. The average Bonchev–Trinajstić information content (AvgIpc) is 2.36. The van der Waals surface area contributed by atoms with Crippen LogP contribution < -0.4 is 16.2 Å². The maximum Gasteiger partial charge on any atom is 0.131 e. The van der Waals surface area contributed by atoms with Crippen LogP contribution in [0, 0.1) is 5.82 Å². The summed E-state index contributed by atoms with van der Waals surface area (Å²) in [5, 5.41) is 0. The van der Waals surface area contributed by atoms with Crippen LogP contribution in [0.25, 0.3) is 11.1 Å². The lowest BCUT2D eigenvalue weighted by atomic mass is 10.0. The van der Waals surface area contributed by atoms with Gasteiger partial charge in [0.15, 0.2) is 0 Å². The summed E-state index contributed by atoms with van der Waals surface area (Å²) in [6.45, 7) is 2.37. The molecule has 0 spiro atoms. The molecule has 0 aliphatic rings. The maximum absolute atomic E-state index is 13.8. The van der Waals surface area contributed by atoms with E-state index < -0.39 is 5.82 Å². The highest BCUT2D eigenvalue weighted by atomic mass is 19.1. The molecule has 0 aliphatic heterocycles. The average molecular weight is 247 g/mol. The van der Waals surface area contributed by atoms with E-state index in [1.807, 2.05) is 6.92 Å². The van der Waals surface area contributed by atoms with Gasteiger partial charge in [0, 0.05) is 17.3 Å². The van der Waals surface area contributed by atoms with Gasteiger partial charge in [-0.1, -0.05) is 0 Å². The predicted octanol–water partition coefficient (Wildman–Crippen LogP) is 2.45. The van der Waals surface area contributed by atoms with Crippen molar-refractivity contribution in [2.24, 2.45) is 0 Å². The molecular formula is C13H14FN3O. The van der Waals surface area contributed by atoms with Crippen molar-refractivity contribution in [1.29, 1.82) is 0 Å². The number of benzene rings is 1. The lowest BCUT2D eigenvalue weighted by Crippen LogP contribution is -2.00. The van der Waals surface area contributed by atoms with Gasteiger partial charge < -0.3 is 16.2 Å². The number of aromatic nitrogens is 1. The standard InChI is InChI=1S/C13H14FN3O/c1-2-18-8-3-4-11(14)9(5-8)10-6-17-7-12(15)13(10)16/h3-7H,2,15H2,1H3,(H2,16,17). The van der Waals surface area contributed by atoms with E-state index in [-0.39, 0.29) is 0 Å². The van der Waals surface area contributed by atoms with E-state index in [2.05, 4.69) is 4.98 Å². The lowest BCUT2D eigenvalue weighted by Gasteiger charge is -2.10. The molecule has 0 bridgehead atoms. The van der Waals surface area contributed by atoms with E-state index in [1.54, 1.807) is 12.1 Å². The zero-order valence-electron chi connectivity index (χ0n) is 9.98. The second-order valence-electron chi connectivity index (χ2n) is 3.76.